The summed E-state index contributed by atoms with van der Waals surface area (Å²) < 4.78 is 5.22. The summed E-state index contributed by atoms with van der Waals surface area (Å²) >= 11 is 0. The molecule has 1 amide bonds. The fourth-order valence-corrected chi connectivity index (χ4v) is 2.89. The molecule has 1 unspecified atom stereocenters. The van der Waals surface area contributed by atoms with E-state index in [4.69, 9.17) is 9.78 Å². The Morgan fingerprint density at radius 3 is 2.96 bits per heavy atom. The van der Waals surface area contributed by atoms with E-state index in [1.807, 2.05) is 13.8 Å². The zero-order chi connectivity index (χ0) is 19.3. The lowest BCUT2D eigenvalue weighted by Crippen LogP contribution is -2.50. The van der Waals surface area contributed by atoms with Crippen LogP contribution < -0.4 is 10.6 Å². The van der Waals surface area contributed by atoms with Gasteiger partial charge < -0.3 is 20.1 Å². The van der Waals surface area contributed by atoms with E-state index in [1.165, 1.54) is 0 Å². The maximum Gasteiger partial charge on any atom is 0.321 e. The second kappa shape index (κ2) is 8.14. The highest BCUT2D eigenvalue weighted by Gasteiger charge is 2.29. The predicted octanol–water partition coefficient (Wildman–Crippen LogP) is 1.43. The van der Waals surface area contributed by atoms with Crippen LogP contribution in [0.3, 0.4) is 0 Å². The number of nitrogens with one attached hydrogen (secondary N) is 2. The summed E-state index contributed by atoms with van der Waals surface area (Å²) in [7, 11) is 0. The quantitative estimate of drug-likeness (QED) is 0.752. The monoisotopic (exact) mass is 369 g/mol. The molecule has 2 aromatic heterocycles. The molecule has 142 valence electrons. The number of carbonyl (C=O) groups is 1. The zero-order valence-corrected chi connectivity index (χ0v) is 15.5. The van der Waals surface area contributed by atoms with Gasteiger partial charge in [0.15, 0.2) is 0 Å². The summed E-state index contributed by atoms with van der Waals surface area (Å²) in [5, 5.41) is 19.4. The van der Waals surface area contributed by atoms with Gasteiger partial charge in [-0.3, -0.25) is 9.78 Å². The van der Waals surface area contributed by atoms with Crippen LogP contribution in [-0.2, 0) is 4.79 Å². The molecule has 1 fully saturated rings. The van der Waals surface area contributed by atoms with Crippen LogP contribution in [0.1, 0.15) is 26.7 Å². The second-order valence-corrected chi connectivity index (χ2v) is 7.12. The number of aromatic nitrogens is 3. The fraction of sp³-hybridized carbons (Fsp3) is 0.500. The van der Waals surface area contributed by atoms with Gasteiger partial charge in [0.1, 0.15) is 6.04 Å². The van der Waals surface area contributed by atoms with Crippen molar-refractivity contribution in [2.24, 2.45) is 0 Å². The number of hydrogen-bond acceptors (Lipinski definition) is 8. The van der Waals surface area contributed by atoms with E-state index < -0.39 is 0 Å². The normalized spacial score (nSPS) is 16.9. The van der Waals surface area contributed by atoms with E-state index in [0.29, 0.717) is 24.9 Å². The molecule has 3 heterocycles. The minimum atomic E-state index is -0.386. The highest BCUT2D eigenvalue weighted by Crippen LogP contribution is 2.18. The van der Waals surface area contributed by atoms with Crippen molar-refractivity contribution in [3.05, 3.63) is 24.5 Å². The third-order valence-electron chi connectivity index (χ3n) is 4.49. The average molecular weight is 369 g/mol. The lowest BCUT2D eigenvalue weighted by atomic mass is 10.1. The van der Waals surface area contributed by atoms with E-state index in [1.54, 1.807) is 29.4 Å². The largest absolute Gasteiger partial charge is 0.336 e. The van der Waals surface area contributed by atoms with Gasteiger partial charge in [0.2, 0.25) is 11.7 Å². The number of likely N-dealkylation sites (tertiary alicyclic amines) is 1. The summed E-state index contributed by atoms with van der Waals surface area (Å²) in [6.07, 6.45) is 4.97. The van der Waals surface area contributed by atoms with Crippen molar-refractivity contribution in [2.75, 3.05) is 25.0 Å². The number of nitrogens with zero attached hydrogens (tertiary/aromatic N) is 5. The van der Waals surface area contributed by atoms with Gasteiger partial charge in [-0.05, 0) is 38.8 Å². The van der Waals surface area contributed by atoms with Crippen molar-refractivity contribution in [2.45, 2.75) is 38.3 Å². The van der Waals surface area contributed by atoms with Gasteiger partial charge in [0.05, 0.1) is 12.6 Å². The van der Waals surface area contributed by atoms with E-state index in [-0.39, 0.29) is 24.0 Å². The van der Waals surface area contributed by atoms with Gasteiger partial charge >= 0.3 is 6.01 Å². The summed E-state index contributed by atoms with van der Waals surface area (Å²) in [5.41, 5.74) is 0.436. The molecule has 0 spiro atoms. The fourth-order valence-electron chi connectivity index (χ4n) is 2.89. The molecular weight excluding hydrogens is 346 g/mol. The Bertz CT molecular complexity index is 813. The van der Waals surface area contributed by atoms with Crippen molar-refractivity contribution in [1.29, 1.82) is 5.26 Å². The molecule has 0 bridgehead atoms. The molecule has 0 radical (unpaired) electrons. The average Bonchev–Trinajstić information content (AvgIpc) is 3.34. The van der Waals surface area contributed by atoms with E-state index >= 15 is 0 Å². The number of rotatable bonds is 7. The van der Waals surface area contributed by atoms with E-state index in [0.717, 1.165) is 18.4 Å². The maximum absolute atomic E-state index is 12.3. The zero-order valence-electron chi connectivity index (χ0n) is 15.5. The minimum Gasteiger partial charge on any atom is -0.336 e. The molecule has 0 aromatic carbocycles. The molecule has 0 aliphatic carbocycles. The summed E-state index contributed by atoms with van der Waals surface area (Å²) in [6.45, 7) is 5.26. The molecule has 1 aliphatic heterocycles. The number of anilines is 1. The van der Waals surface area contributed by atoms with Gasteiger partial charge in [0, 0.05) is 36.6 Å². The lowest BCUT2D eigenvalue weighted by Gasteiger charge is -2.28. The Morgan fingerprint density at radius 1 is 1.44 bits per heavy atom. The minimum absolute atomic E-state index is 0.0510. The first-order valence-corrected chi connectivity index (χ1v) is 8.90. The van der Waals surface area contributed by atoms with Crippen molar-refractivity contribution < 1.29 is 9.32 Å². The van der Waals surface area contributed by atoms with Crippen LogP contribution in [-0.4, -0.2) is 57.1 Å². The standard InChI is InChI=1S/C18H23N7O2/c1-18(2,22-11-15(26)25-9-3-4-14(25)10-19)12-21-17-23-16(24-27-17)13-5-7-20-8-6-13/h5-8,14,22H,3-4,9,11-12H2,1-2H3,(H,21,23,24). The molecule has 2 aromatic rings. The van der Waals surface area contributed by atoms with Crippen LogP contribution in [0.25, 0.3) is 11.4 Å². The van der Waals surface area contributed by atoms with E-state index in [2.05, 4.69) is 31.8 Å². The molecule has 1 aliphatic rings. The van der Waals surface area contributed by atoms with Gasteiger partial charge in [-0.25, -0.2) is 0 Å². The molecular formula is C18H23N7O2. The Hall–Kier alpha value is -2.99. The third kappa shape index (κ3) is 4.80. The number of carbonyl (C=O) groups excluding carboxylic acids is 1. The van der Waals surface area contributed by atoms with Gasteiger partial charge in [-0.15, -0.1) is 0 Å². The first kappa shape index (κ1) is 18.8. The Balaban J connectivity index is 1.49. The molecule has 1 saturated heterocycles. The SMILES string of the molecule is CC(C)(CNc1nc(-c2ccncc2)no1)NCC(=O)N1CCCC1C#N. The Kier molecular flexibility index (Phi) is 5.66. The highest BCUT2D eigenvalue weighted by molar-refractivity contribution is 5.79. The smallest absolute Gasteiger partial charge is 0.321 e. The highest BCUT2D eigenvalue weighted by atomic mass is 16.5. The van der Waals surface area contributed by atoms with Crippen LogP contribution in [0.5, 0.6) is 0 Å². The Labute approximate surface area is 157 Å². The number of hydrogen-bond donors (Lipinski definition) is 2. The van der Waals surface area contributed by atoms with Crippen LogP contribution in [0.15, 0.2) is 29.0 Å². The molecule has 0 saturated carbocycles. The van der Waals surface area contributed by atoms with Crippen LogP contribution in [0, 0.1) is 11.3 Å². The first-order chi connectivity index (χ1) is 13.0. The van der Waals surface area contributed by atoms with Gasteiger partial charge in [-0.2, -0.15) is 10.2 Å². The van der Waals surface area contributed by atoms with Crippen LogP contribution in [0.4, 0.5) is 6.01 Å². The molecule has 2 N–H and O–H groups in total. The summed E-state index contributed by atoms with van der Waals surface area (Å²) in [6, 6.07) is 5.81. The number of amides is 1. The van der Waals surface area contributed by atoms with Crippen LogP contribution >= 0.6 is 0 Å². The van der Waals surface area contributed by atoms with Crippen molar-refractivity contribution in [3.8, 4) is 17.5 Å². The number of pyridine rings is 1. The Morgan fingerprint density at radius 2 is 2.22 bits per heavy atom. The molecule has 1 atom stereocenters. The topological polar surface area (TPSA) is 120 Å². The summed E-state index contributed by atoms with van der Waals surface area (Å²) in [4.78, 5) is 22.3. The van der Waals surface area contributed by atoms with Crippen LogP contribution in [0.2, 0.25) is 0 Å². The van der Waals surface area contributed by atoms with Gasteiger partial charge in [-0.1, -0.05) is 5.16 Å². The second-order valence-electron chi connectivity index (χ2n) is 7.12. The first-order valence-electron chi connectivity index (χ1n) is 8.90. The van der Waals surface area contributed by atoms with E-state index in [9.17, 15) is 4.79 Å². The molecule has 9 nitrogen and oxygen atoms in total. The molecule has 9 heteroatoms. The lowest BCUT2D eigenvalue weighted by molar-refractivity contribution is -0.130. The summed E-state index contributed by atoms with van der Waals surface area (Å²) in [5.74, 6) is 0.433. The number of nitriles is 1. The van der Waals surface area contributed by atoms with Crippen molar-refractivity contribution in [1.82, 2.24) is 25.3 Å². The predicted molar refractivity (Wildman–Crippen MR) is 98.4 cm³/mol. The van der Waals surface area contributed by atoms with Crippen molar-refractivity contribution in [3.63, 3.8) is 0 Å². The molecule has 3 rings (SSSR count). The van der Waals surface area contributed by atoms with Gasteiger partial charge in [0.25, 0.3) is 0 Å². The maximum atomic E-state index is 12.3. The third-order valence-corrected chi connectivity index (χ3v) is 4.49. The van der Waals surface area contributed by atoms with Crippen molar-refractivity contribution >= 4 is 11.9 Å². The molecule has 27 heavy (non-hydrogen) atoms.